The molecule has 0 saturated heterocycles. The van der Waals surface area contributed by atoms with Gasteiger partial charge in [-0.15, -0.1) is 0 Å². The fourth-order valence-corrected chi connectivity index (χ4v) is 2.06. The summed E-state index contributed by atoms with van der Waals surface area (Å²) in [7, 11) is 0. The van der Waals surface area contributed by atoms with Gasteiger partial charge in [-0.1, -0.05) is 38.2 Å². The monoisotopic (exact) mass is 176 g/mol. The van der Waals surface area contributed by atoms with Crippen molar-refractivity contribution >= 4 is 0 Å². The number of hydrogen-bond donors (Lipinski definition) is 0. The van der Waals surface area contributed by atoms with Crippen LogP contribution in [0.5, 0.6) is 0 Å². The lowest BCUT2D eigenvalue weighted by atomic mass is 9.97. The molecule has 1 aliphatic rings. The Morgan fingerprint density at radius 3 is 2.77 bits per heavy atom. The zero-order chi connectivity index (χ0) is 9.68. The van der Waals surface area contributed by atoms with Crippen LogP contribution >= 0.6 is 0 Å². The maximum absolute atomic E-state index is 3.78. The summed E-state index contributed by atoms with van der Waals surface area (Å²) in [5.74, 6) is 0.837. The molecule has 0 radical (unpaired) electrons. The molecule has 1 unspecified atom stereocenters. The number of allylic oxidation sites excluding steroid dienone is 5. The Bertz CT molecular complexity index is 230. The van der Waals surface area contributed by atoms with Crippen molar-refractivity contribution < 1.29 is 0 Å². The van der Waals surface area contributed by atoms with Crippen LogP contribution in [0, 0.1) is 5.92 Å². The third-order valence-corrected chi connectivity index (χ3v) is 2.79. The fourth-order valence-electron chi connectivity index (χ4n) is 2.06. The van der Waals surface area contributed by atoms with Gasteiger partial charge >= 0.3 is 0 Å². The number of hydrogen-bond acceptors (Lipinski definition) is 0. The Hall–Kier alpha value is -0.780. The molecule has 1 atom stereocenters. The summed E-state index contributed by atoms with van der Waals surface area (Å²) in [6.45, 7) is 8.26. The van der Waals surface area contributed by atoms with Crippen LogP contribution in [0.3, 0.4) is 0 Å². The lowest BCUT2D eigenvalue weighted by Crippen LogP contribution is -1.93. The highest BCUT2D eigenvalue weighted by atomic mass is 14.2. The molecular weight excluding hydrogens is 156 g/mol. The maximum atomic E-state index is 3.78. The summed E-state index contributed by atoms with van der Waals surface area (Å²) in [6, 6.07) is 0. The molecule has 0 aromatic heterocycles. The zero-order valence-corrected chi connectivity index (χ0v) is 8.84. The minimum Gasteiger partial charge on any atom is -0.0991 e. The van der Waals surface area contributed by atoms with Crippen molar-refractivity contribution in [2.24, 2.45) is 5.92 Å². The SMILES string of the molecule is C=C/C=C1/CC(C)CCC/C1=C/C. The molecule has 0 aliphatic heterocycles. The van der Waals surface area contributed by atoms with E-state index in [-0.39, 0.29) is 0 Å². The third-order valence-electron chi connectivity index (χ3n) is 2.79. The van der Waals surface area contributed by atoms with E-state index < -0.39 is 0 Å². The van der Waals surface area contributed by atoms with E-state index in [4.69, 9.17) is 0 Å². The lowest BCUT2D eigenvalue weighted by molar-refractivity contribution is 0.531. The maximum Gasteiger partial charge on any atom is -0.0250 e. The van der Waals surface area contributed by atoms with Crippen molar-refractivity contribution in [2.45, 2.75) is 39.5 Å². The molecule has 1 rings (SSSR count). The highest BCUT2D eigenvalue weighted by Crippen LogP contribution is 2.30. The van der Waals surface area contributed by atoms with Gasteiger partial charge in [-0.25, -0.2) is 0 Å². The molecule has 0 aromatic rings. The van der Waals surface area contributed by atoms with Gasteiger partial charge in [0.15, 0.2) is 0 Å². The first-order valence-corrected chi connectivity index (χ1v) is 5.25. The molecule has 1 fully saturated rings. The molecule has 1 aliphatic carbocycles. The molecule has 13 heavy (non-hydrogen) atoms. The van der Waals surface area contributed by atoms with Crippen LogP contribution in [0.1, 0.15) is 39.5 Å². The topological polar surface area (TPSA) is 0 Å². The largest absolute Gasteiger partial charge is 0.0991 e. The minimum absolute atomic E-state index is 0.837. The Labute approximate surface area is 82.0 Å². The van der Waals surface area contributed by atoms with Crippen molar-refractivity contribution in [3.63, 3.8) is 0 Å². The Morgan fingerprint density at radius 2 is 2.15 bits per heavy atom. The quantitative estimate of drug-likeness (QED) is 0.524. The van der Waals surface area contributed by atoms with Gasteiger partial charge in [-0.05, 0) is 43.3 Å². The smallest absolute Gasteiger partial charge is 0.0250 e. The van der Waals surface area contributed by atoms with Gasteiger partial charge < -0.3 is 0 Å². The first kappa shape index (κ1) is 10.3. The zero-order valence-electron chi connectivity index (χ0n) is 8.84. The molecule has 72 valence electrons. The molecule has 1 saturated carbocycles. The Morgan fingerprint density at radius 1 is 1.38 bits per heavy atom. The van der Waals surface area contributed by atoms with Crippen LogP contribution < -0.4 is 0 Å². The summed E-state index contributed by atoms with van der Waals surface area (Å²) >= 11 is 0. The van der Waals surface area contributed by atoms with Crippen molar-refractivity contribution in [3.8, 4) is 0 Å². The molecular formula is C13H20. The van der Waals surface area contributed by atoms with Gasteiger partial charge in [0.2, 0.25) is 0 Å². The van der Waals surface area contributed by atoms with E-state index in [1.54, 1.807) is 0 Å². The summed E-state index contributed by atoms with van der Waals surface area (Å²) in [4.78, 5) is 0. The van der Waals surface area contributed by atoms with Gasteiger partial charge in [0.1, 0.15) is 0 Å². The molecule has 0 nitrogen and oxygen atoms in total. The van der Waals surface area contributed by atoms with Gasteiger partial charge in [-0.3, -0.25) is 0 Å². The molecule has 0 aromatic carbocycles. The average molecular weight is 176 g/mol. The fraction of sp³-hybridized carbons (Fsp3) is 0.538. The second-order valence-corrected chi connectivity index (χ2v) is 3.94. The van der Waals surface area contributed by atoms with Crippen LogP contribution in [-0.2, 0) is 0 Å². The van der Waals surface area contributed by atoms with E-state index >= 15 is 0 Å². The lowest BCUT2D eigenvalue weighted by Gasteiger charge is -2.09. The second kappa shape index (κ2) is 5.06. The molecule has 0 spiro atoms. The first-order valence-electron chi connectivity index (χ1n) is 5.25. The summed E-state index contributed by atoms with van der Waals surface area (Å²) in [5, 5.41) is 0. The first-order chi connectivity index (χ1) is 6.27. The highest BCUT2D eigenvalue weighted by Gasteiger charge is 2.13. The van der Waals surface area contributed by atoms with Crippen LogP contribution in [0.15, 0.2) is 36.0 Å². The molecule has 0 heteroatoms. The van der Waals surface area contributed by atoms with Crippen LogP contribution in [-0.4, -0.2) is 0 Å². The van der Waals surface area contributed by atoms with E-state index in [9.17, 15) is 0 Å². The van der Waals surface area contributed by atoms with E-state index in [0.29, 0.717) is 0 Å². The van der Waals surface area contributed by atoms with Crippen LogP contribution in [0.25, 0.3) is 0 Å². The van der Waals surface area contributed by atoms with Gasteiger partial charge in [-0.2, -0.15) is 0 Å². The normalized spacial score (nSPS) is 30.5. The Balaban J connectivity index is 2.84. The van der Waals surface area contributed by atoms with Crippen molar-refractivity contribution in [3.05, 3.63) is 36.0 Å². The van der Waals surface area contributed by atoms with E-state index in [1.165, 1.54) is 36.8 Å². The molecule has 0 N–H and O–H groups in total. The molecule has 0 amide bonds. The van der Waals surface area contributed by atoms with Gasteiger partial charge in [0.25, 0.3) is 0 Å². The summed E-state index contributed by atoms with van der Waals surface area (Å²) in [6.07, 6.45) is 11.5. The van der Waals surface area contributed by atoms with Crippen molar-refractivity contribution in [1.82, 2.24) is 0 Å². The summed E-state index contributed by atoms with van der Waals surface area (Å²) < 4.78 is 0. The van der Waals surface area contributed by atoms with E-state index in [1.807, 2.05) is 6.08 Å². The van der Waals surface area contributed by atoms with Gasteiger partial charge in [0, 0.05) is 0 Å². The third kappa shape index (κ3) is 2.87. The van der Waals surface area contributed by atoms with E-state index in [2.05, 4.69) is 32.6 Å². The predicted octanol–water partition coefficient (Wildman–Crippen LogP) is 4.26. The average Bonchev–Trinajstić information content (AvgIpc) is 2.28. The summed E-state index contributed by atoms with van der Waals surface area (Å²) in [5.41, 5.74) is 3.03. The second-order valence-electron chi connectivity index (χ2n) is 3.94. The standard InChI is InChI=1S/C13H20/c1-4-7-13-10-11(3)8-6-9-12(13)5-2/h4-5,7,11H,1,6,8-10H2,2-3H3/b12-5-,13-7-. The minimum atomic E-state index is 0.837. The number of rotatable bonds is 1. The van der Waals surface area contributed by atoms with Crippen molar-refractivity contribution in [2.75, 3.05) is 0 Å². The molecule has 0 heterocycles. The predicted molar refractivity (Wildman–Crippen MR) is 59.7 cm³/mol. The molecule has 0 bridgehead atoms. The van der Waals surface area contributed by atoms with Crippen molar-refractivity contribution in [1.29, 1.82) is 0 Å². The van der Waals surface area contributed by atoms with Gasteiger partial charge in [0.05, 0.1) is 0 Å². The highest BCUT2D eigenvalue weighted by molar-refractivity contribution is 5.34. The van der Waals surface area contributed by atoms with E-state index in [0.717, 1.165) is 5.92 Å². The van der Waals surface area contributed by atoms with Crippen LogP contribution in [0.4, 0.5) is 0 Å². The Kier molecular flexibility index (Phi) is 4.01. The van der Waals surface area contributed by atoms with Crippen LogP contribution in [0.2, 0.25) is 0 Å².